The van der Waals surface area contributed by atoms with Gasteiger partial charge in [-0.1, -0.05) is 0 Å². The quantitative estimate of drug-likeness (QED) is 0.905. The monoisotopic (exact) mass is 288 g/mol. The molecule has 0 radical (unpaired) electrons. The Bertz CT molecular complexity index is 699. The molecular formula is C16H20N2O3. The molecule has 2 aromatic rings. The van der Waals surface area contributed by atoms with Crippen molar-refractivity contribution in [2.75, 3.05) is 0 Å². The van der Waals surface area contributed by atoms with Crippen LogP contribution in [0.3, 0.4) is 0 Å². The predicted octanol–water partition coefficient (Wildman–Crippen LogP) is 2.37. The van der Waals surface area contributed by atoms with E-state index in [0.717, 1.165) is 16.9 Å². The summed E-state index contributed by atoms with van der Waals surface area (Å²) in [6.07, 6.45) is 1.27. The molecule has 2 N–H and O–H groups in total. The Morgan fingerprint density at radius 1 is 1.33 bits per heavy atom. The molecule has 112 valence electrons. The zero-order valence-electron chi connectivity index (χ0n) is 12.3. The second-order valence-electron chi connectivity index (χ2n) is 6.01. The van der Waals surface area contributed by atoms with Gasteiger partial charge in [0.25, 0.3) is 0 Å². The van der Waals surface area contributed by atoms with Crippen LogP contribution in [0.15, 0.2) is 12.1 Å². The van der Waals surface area contributed by atoms with Crippen molar-refractivity contribution < 1.29 is 15.0 Å². The van der Waals surface area contributed by atoms with Crippen LogP contribution in [0, 0.1) is 13.8 Å². The summed E-state index contributed by atoms with van der Waals surface area (Å²) >= 11 is 0. The fourth-order valence-electron chi connectivity index (χ4n) is 2.95. The number of rotatable bonds is 4. The van der Waals surface area contributed by atoms with Gasteiger partial charge in [0.05, 0.1) is 23.6 Å². The highest BCUT2D eigenvalue weighted by Gasteiger charge is 2.32. The molecule has 0 atom stereocenters. The third-order valence-electron chi connectivity index (χ3n) is 4.42. The minimum Gasteiger partial charge on any atom is -0.481 e. The molecule has 21 heavy (non-hydrogen) atoms. The molecule has 0 spiro atoms. The van der Waals surface area contributed by atoms with Crippen LogP contribution >= 0.6 is 0 Å². The van der Waals surface area contributed by atoms with Gasteiger partial charge in [-0.25, -0.2) is 4.98 Å². The molecule has 1 fully saturated rings. The van der Waals surface area contributed by atoms with Gasteiger partial charge in [-0.3, -0.25) is 4.79 Å². The standard InChI is InChI=1S/C16H20N2O3/c1-9-5-13-14(6-10(9)2)18(4-3-15(20)21)16(17-13)11-7-12(19)8-11/h5-6,11-12,19H,3-4,7-8H2,1-2H3,(H,20,21). The van der Waals surface area contributed by atoms with E-state index in [1.54, 1.807) is 0 Å². The van der Waals surface area contributed by atoms with Crippen LogP contribution in [0.5, 0.6) is 0 Å². The van der Waals surface area contributed by atoms with Crippen molar-refractivity contribution in [3.63, 3.8) is 0 Å². The normalized spacial score (nSPS) is 21.5. The maximum atomic E-state index is 10.9. The Balaban J connectivity index is 2.06. The largest absolute Gasteiger partial charge is 0.481 e. The Kier molecular flexibility index (Phi) is 3.45. The van der Waals surface area contributed by atoms with E-state index in [2.05, 4.69) is 26.0 Å². The number of benzene rings is 1. The number of imidazole rings is 1. The van der Waals surface area contributed by atoms with Crippen molar-refractivity contribution >= 4 is 17.0 Å². The maximum Gasteiger partial charge on any atom is 0.305 e. The minimum absolute atomic E-state index is 0.0840. The van der Waals surface area contributed by atoms with Crippen LogP contribution in [-0.4, -0.2) is 31.8 Å². The lowest BCUT2D eigenvalue weighted by Crippen LogP contribution is -2.29. The van der Waals surface area contributed by atoms with Crippen LogP contribution in [-0.2, 0) is 11.3 Å². The van der Waals surface area contributed by atoms with Gasteiger partial charge in [0.2, 0.25) is 0 Å². The Morgan fingerprint density at radius 2 is 2.00 bits per heavy atom. The Morgan fingerprint density at radius 3 is 2.62 bits per heavy atom. The maximum absolute atomic E-state index is 10.9. The molecule has 0 bridgehead atoms. The average molecular weight is 288 g/mol. The second-order valence-corrected chi connectivity index (χ2v) is 6.01. The van der Waals surface area contributed by atoms with Crippen molar-refractivity contribution in [1.29, 1.82) is 0 Å². The highest BCUT2D eigenvalue weighted by atomic mass is 16.4. The summed E-state index contributed by atoms with van der Waals surface area (Å²) in [5.41, 5.74) is 4.28. The molecule has 1 heterocycles. The molecule has 0 amide bonds. The summed E-state index contributed by atoms with van der Waals surface area (Å²) in [4.78, 5) is 15.6. The van der Waals surface area contributed by atoms with Gasteiger partial charge in [0.1, 0.15) is 5.82 Å². The van der Waals surface area contributed by atoms with Crippen molar-refractivity contribution in [2.45, 2.75) is 51.7 Å². The highest BCUT2D eigenvalue weighted by molar-refractivity contribution is 5.78. The average Bonchev–Trinajstić information content (AvgIpc) is 2.70. The van der Waals surface area contributed by atoms with Gasteiger partial charge < -0.3 is 14.8 Å². The number of nitrogens with zero attached hydrogens (tertiary/aromatic N) is 2. The lowest BCUT2D eigenvalue weighted by molar-refractivity contribution is -0.137. The number of carboxylic acid groups (broad SMARTS) is 1. The van der Waals surface area contributed by atoms with E-state index < -0.39 is 5.97 Å². The van der Waals surface area contributed by atoms with E-state index in [0.29, 0.717) is 19.4 Å². The first kappa shape index (κ1) is 14.1. The Labute approximate surface area is 123 Å². The van der Waals surface area contributed by atoms with Crippen molar-refractivity contribution in [3.8, 4) is 0 Å². The molecule has 1 aromatic heterocycles. The number of carboxylic acids is 1. The third-order valence-corrected chi connectivity index (χ3v) is 4.42. The first-order valence-electron chi connectivity index (χ1n) is 7.33. The molecular weight excluding hydrogens is 268 g/mol. The SMILES string of the molecule is Cc1cc2nc(C3CC(O)C3)n(CCC(=O)O)c2cc1C. The summed E-state index contributed by atoms with van der Waals surface area (Å²) in [6, 6.07) is 4.14. The molecule has 0 aliphatic heterocycles. The number of aryl methyl sites for hydroxylation is 3. The van der Waals surface area contributed by atoms with Gasteiger partial charge in [-0.15, -0.1) is 0 Å². The number of carbonyl (C=O) groups is 1. The number of aliphatic hydroxyl groups excluding tert-OH is 1. The molecule has 0 saturated heterocycles. The van der Waals surface area contributed by atoms with Crippen molar-refractivity contribution in [1.82, 2.24) is 9.55 Å². The number of aliphatic carboxylic acids is 1. The lowest BCUT2D eigenvalue weighted by Gasteiger charge is -2.31. The second kappa shape index (κ2) is 5.15. The first-order valence-corrected chi connectivity index (χ1v) is 7.33. The van der Waals surface area contributed by atoms with Crippen LogP contribution in [0.1, 0.15) is 42.1 Å². The smallest absolute Gasteiger partial charge is 0.305 e. The van der Waals surface area contributed by atoms with Crippen molar-refractivity contribution in [3.05, 3.63) is 29.1 Å². The van der Waals surface area contributed by atoms with E-state index in [1.165, 1.54) is 11.1 Å². The summed E-state index contributed by atoms with van der Waals surface area (Å²) < 4.78 is 2.02. The van der Waals surface area contributed by atoms with Crippen LogP contribution < -0.4 is 0 Å². The van der Waals surface area contributed by atoms with E-state index in [9.17, 15) is 9.90 Å². The van der Waals surface area contributed by atoms with Gasteiger partial charge in [0.15, 0.2) is 0 Å². The third kappa shape index (κ3) is 2.53. The first-order chi connectivity index (χ1) is 9.95. The predicted molar refractivity (Wildman–Crippen MR) is 79.4 cm³/mol. The minimum atomic E-state index is -0.805. The van der Waals surface area contributed by atoms with Gasteiger partial charge in [-0.05, 0) is 49.9 Å². The van der Waals surface area contributed by atoms with Gasteiger partial charge in [0, 0.05) is 12.5 Å². The summed E-state index contributed by atoms with van der Waals surface area (Å²) in [6.45, 7) is 4.53. The fourth-order valence-corrected chi connectivity index (χ4v) is 2.95. The lowest BCUT2D eigenvalue weighted by atomic mass is 9.82. The fraction of sp³-hybridized carbons (Fsp3) is 0.500. The zero-order valence-corrected chi connectivity index (χ0v) is 12.3. The van der Waals surface area contributed by atoms with E-state index in [4.69, 9.17) is 10.1 Å². The van der Waals surface area contributed by atoms with Gasteiger partial charge >= 0.3 is 5.97 Å². The zero-order chi connectivity index (χ0) is 15.1. The number of aromatic nitrogens is 2. The molecule has 5 nitrogen and oxygen atoms in total. The number of fused-ring (bicyclic) bond motifs is 1. The molecule has 1 aromatic carbocycles. The summed E-state index contributed by atoms with van der Waals surface area (Å²) in [5, 5.41) is 18.5. The summed E-state index contributed by atoms with van der Waals surface area (Å²) in [5.74, 6) is 0.351. The highest BCUT2D eigenvalue weighted by Crippen LogP contribution is 2.38. The molecule has 1 saturated carbocycles. The summed E-state index contributed by atoms with van der Waals surface area (Å²) in [7, 11) is 0. The van der Waals surface area contributed by atoms with Crippen LogP contribution in [0.25, 0.3) is 11.0 Å². The topological polar surface area (TPSA) is 75.4 Å². The molecule has 0 unspecified atom stereocenters. The molecule has 1 aliphatic carbocycles. The van der Waals surface area contributed by atoms with E-state index >= 15 is 0 Å². The number of hydrogen-bond donors (Lipinski definition) is 2. The Hall–Kier alpha value is -1.88. The van der Waals surface area contributed by atoms with E-state index in [1.807, 2.05) is 4.57 Å². The molecule has 3 rings (SSSR count). The molecule has 5 heteroatoms. The van der Waals surface area contributed by atoms with Crippen LogP contribution in [0.2, 0.25) is 0 Å². The van der Waals surface area contributed by atoms with Crippen LogP contribution in [0.4, 0.5) is 0 Å². The van der Waals surface area contributed by atoms with E-state index in [-0.39, 0.29) is 18.4 Å². The molecule has 1 aliphatic rings. The van der Waals surface area contributed by atoms with Gasteiger partial charge in [-0.2, -0.15) is 0 Å². The van der Waals surface area contributed by atoms with Crippen molar-refractivity contribution in [2.24, 2.45) is 0 Å². The number of hydrogen-bond acceptors (Lipinski definition) is 3. The number of aliphatic hydroxyl groups is 1.